The van der Waals surface area contributed by atoms with Gasteiger partial charge in [0.25, 0.3) is 0 Å². The molecule has 0 aliphatic carbocycles. The number of rotatable bonds is 2. The van der Waals surface area contributed by atoms with E-state index in [4.69, 9.17) is 10.5 Å². The Balaban J connectivity index is 1.72. The monoisotopic (exact) mass is 253 g/mol. The van der Waals surface area contributed by atoms with Gasteiger partial charge in [-0.05, 0) is 38.6 Å². The average Bonchev–Trinajstić information content (AvgIpc) is 2.69. The van der Waals surface area contributed by atoms with Crippen LogP contribution in [-0.2, 0) is 4.74 Å². The van der Waals surface area contributed by atoms with Crippen molar-refractivity contribution in [3.8, 4) is 0 Å². The van der Waals surface area contributed by atoms with Crippen molar-refractivity contribution in [1.29, 1.82) is 0 Å². The molecule has 3 aliphatic rings. The summed E-state index contributed by atoms with van der Waals surface area (Å²) in [5, 5.41) is 0. The molecule has 2 atom stereocenters. The maximum atomic E-state index is 6.20. The van der Waals surface area contributed by atoms with Crippen molar-refractivity contribution in [1.82, 2.24) is 9.80 Å². The molecule has 4 nitrogen and oxygen atoms in total. The molecule has 3 aliphatic heterocycles. The van der Waals surface area contributed by atoms with Crippen LogP contribution in [0.4, 0.5) is 0 Å². The van der Waals surface area contributed by atoms with Gasteiger partial charge in [0, 0.05) is 44.4 Å². The lowest BCUT2D eigenvalue weighted by Gasteiger charge is -2.50. The Bertz CT molecular complexity index is 278. The lowest BCUT2D eigenvalue weighted by molar-refractivity contribution is 0.00882. The molecule has 0 aromatic rings. The Labute approximate surface area is 110 Å². The Hall–Kier alpha value is -0.160. The van der Waals surface area contributed by atoms with E-state index in [-0.39, 0.29) is 5.54 Å². The van der Waals surface area contributed by atoms with E-state index in [1.165, 1.54) is 45.3 Å². The summed E-state index contributed by atoms with van der Waals surface area (Å²) in [5.74, 6) is 0. The van der Waals surface area contributed by atoms with Gasteiger partial charge in [-0.2, -0.15) is 0 Å². The molecule has 0 radical (unpaired) electrons. The third kappa shape index (κ3) is 2.31. The summed E-state index contributed by atoms with van der Waals surface area (Å²) in [6.45, 7) is 7.43. The first-order valence-electron chi connectivity index (χ1n) is 7.61. The van der Waals surface area contributed by atoms with Crippen LogP contribution in [0.15, 0.2) is 0 Å². The highest BCUT2D eigenvalue weighted by molar-refractivity contribution is 5.02. The first kappa shape index (κ1) is 12.9. The van der Waals surface area contributed by atoms with E-state index in [0.29, 0.717) is 0 Å². The van der Waals surface area contributed by atoms with Crippen LogP contribution in [-0.4, -0.2) is 67.3 Å². The van der Waals surface area contributed by atoms with Crippen LogP contribution >= 0.6 is 0 Å². The SMILES string of the molecule is NCC1(N2CCCOCC2)CCN2CCCC2C1. The van der Waals surface area contributed by atoms with Crippen molar-refractivity contribution in [3.63, 3.8) is 0 Å². The average molecular weight is 253 g/mol. The van der Waals surface area contributed by atoms with Gasteiger partial charge in [0.2, 0.25) is 0 Å². The lowest BCUT2D eigenvalue weighted by atomic mass is 9.81. The molecule has 0 aromatic carbocycles. The molecule has 0 aromatic heterocycles. The maximum Gasteiger partial charge on any atom is 0.0593 e. The molecule has 0 saturated carbocycles. The topological polar surface area (TPSA) is 41.7 Å². The van der Waals surface area contributed by atoms with Gasteiger partial charge in [0.05, 0.1) is 6.61 Å². The first-order valence-corrected chi connectivity index (χ1v) is 7.61. The van der Waals surface area contributed by atoms with E-state index in [0.717, 1.165) is 38.8 Å². The summed E-state index contributed by atoms with van der Waals surface area (Å²) in [5.41, 5.74) is 6.46. The fraction of sp³-hybridized carbons (Fsp3) is 1.00. The number of hydrogen-bond acceptors (Lipinski definition) is 4. The zero-order chi connectivity index (χ0) is 12.4. The second-order valence-electron chi connectivity index (χ2n) is 6.17. The van der Waals surface area contributed by atoms with Gasteiger partial charge in [-0.25, -0.2) is 0 Å². The second-order valence-corrected chi connectivity index (χ2v) is 6.17. The van der Waals surface area contributed by atoms with Crippen molar-refractivity contribution in [2.75, 3.05) is 45.9 Å². The number of piperidine rings is 1. The van der Waals surface area contributed by atoms with Crippen molar-refractivity contribution >= 4 is 0 Å². The zero-order valence-electron chi connectivity index (χ0n) is 11.4. The molecule has 18 heavy (non-hydrogen) atoms. The molecule has 2 unspecified atom stereocenters. The van der Waals surface area contributed by atoms with Crippen LogP contribution in [0.3, 0.4) is 0 Å². The van der Waals surface area contributed by atoms with E-state index >= 15 is 0 Å². The quantitative estimate of drug-likeness (QED) is 0.785. The van der Waals surface area contributed by atoms with Gasteiger partial charge >= 0.3 is 0 Å². The second kappa shape index (κ2) is 5.45. The van der Waals surface area contributed by atoms with Gasteiger partial charge in [0.1, 0.15) is 0 Å². The van der Waals surface area contributed by atoms with Gasteiger partial charge in [-0.1, -0.05) is 0 Å². The molecule has 3 heterocycles. The van der Waals surface area contributed by atoms with Crippen molar-refractivity contribution in [2.45, 2.75) is 43.7 Å². The summed E-state index contributed by atoms with van der Waals surface area (Å²) >= 11 is 0. The van der Waals surface area contributed by atoms with Crippen molar-refractivity contribution < 1.29 is 4.74 Å². The number of ether oxygens (including phenoxy) is 1. The minimum Gasteiger partial charge on any atom is -0.380 e. The summed E-state index contributed by atoms with van der Waals surface area (Å²) in [6.07, 6.45) is 6.46. The van der Waals surface area contributed by atoms with Crippen molar-refractivity contribution in [2.24, 2.45) is 5.73 Å². The Morgan fingerprint density at radius 3 is 2.94 bits per heavy atom. The molecule has 0 bridgehead atoms. The molecule has 3 rings (SSSR count). The molecule has 3 fully saturated rings. The smallest absolute Gasteiger partial charge is 0.0593 e. The normalized spacial score (nSPS) is 39.5. The summed E-state index contributed by atoms with van der Waals surface area (Å²) in [7, 11) is 0. The Morgan fingerprint density at radius 1 is 1.11 bits per heavy atom. The fourth-order valence-corrected chi connectivity index (χ4v) is 4.14. The Kier molecular flexibility index (Phi) is 3.89. The highest BCUT2D eigenvalue weighted by Crippen LogP contribution is 2.36. The molecule has 4 heteroatoms. The standard InChI is InChI=1S/C14H27N3O/c15-12-14(17-6-2-9-18-10-8-17)4-7-16-5-1-3-13(16)11-14/h13H,1-12,15H2. The number of hydrogen-bond donors (Lipinski definition) is 1. The third-order valence-corrected chi connectivity index (χ3v) is 5.25. The predicted molar refractivity (Wildman–Crippen MR) is 72.6 cm³/mol. The number of fused-ring (bicyclic) bond motifs is 1. The lowest BCUT2D eigenvalue weighted by Crippen LogP contribution is -2.61. The van der Waals surface area contributed by atoms with Crippen LogP contribution in [0.1, 0.15) is 32.1 Å². The van der Waals surface area contributed by atoms with Crippen LogP contribution in [0.5, 0.6) is 0 Å². The zero-order valence-corrected chi connectivity index (χ0v) is 11.4. The van der Waals surface area contributed by atoms with Crippen LogP contribution < -0.4 is 5.73 Å². The molecule has 104 valence electrons. The van der Waals surface area contributed by atoms with Crippen LogP contribution in [0.2, 0.25) is 0 Å². The van der Waals surface area contributed by atoms with E-state index in [1.54, 1.807) is 0 Å². The summed E-state index contributed by atoms with van der Waals surface area (Å²) in [6, 6.07) is 0.798. The van der Waals surface area contributed by atoms with E-state index in [2.05, 4.69) is 9.80 Å². The van der Waals surface area contributed by atoms with Gasteiger partial charge in [0.15, 0.2) is 0 Å². The molecule has 3 saturated heterocycles. The van der Waals surface area contributed by atoms with Gasteiger partial charge in [-0.15, -0.1) is 0 Å². The van der Waals surface area contributed by atoms with E-state index in [9.17, 15) is 0 Å². The van der Waals surface area contributed by atoms with Crippen LogP contribution in [0.25, 0.3) is 0 Å². The summed E-state index contributed by atoms with van der Waals surface area (Å²) in [4.78, 5) is 5.33. The predicted octanol–water partition coefficient (Wildman–Crippen LogP) is 0.664. The molecular formula is C14H27N3O. The number of nitrogens with zero attached hydrogens (tertiary/aromatic N) is 2. The van der Waals surface area contributed by atoms with E-state index in [1.807, 2.05) is 0 Å². The van der Waals surface area contributed by atoms with Crippen LogP contribution in [0, 0.1) is 0 Å². The highest BCUT2D eigenvalue weighted by atomic mass is 16.5. The van der Waals surface area contributed by atoms with Gasteiger partial charge < -0.3 is 15.4 Å². The molecule has 0 amide bonds. The minimum atomic E-state index is 0.263. The Morgan fingerprint density at radius 2 is 2.06 bits per heavy atom. The fourth-order valence-electron chi connectivity index (χ4n) is 4.14. The van der Waals surface area contributed by atoms with Crippen molar-refractivity contribution in [3.05, 3.63) is 0 Å². The molecular weight excluding hydrogens is 226 g/mol. The largest absolute Gasteiger partial charge is 0.380 e. The molecule has 0 spiro atoms. The summed E-state index contributed by atoms with van der Waals surface area (Å²) < 4.78 is 5.60. The highest BCUT2D eigenvalue weighted by Gasteiger charge is 2.44. The minimum absolute atomic E-state index is 0.263. The van der Waals surface area contributed by atoms with E-state index < -0.39 is 0 Å². The maximum absolute atomic E-state index is 6.20. The number of nitrogens with two attached hydrogens (primary N) is 1. The molecule has 2 N–H and O–H groups in total. The third-order valence-electron chi connectivity index (χ3n) is 5.25. The van der Waals surface area contributed by atoms with Gasteiger partial charge in [-0.3, -0.25) is 4.90 Å². The first-order chi connectivity index (χ1) is 8.84.